The molecule has 2 aromatic heterocycles. The second kappa shape index (κ2) is 8.90. The maximum atomic E-state index is 12.3. The van der Waals surface area contributed by atoms with Gasteiger partial charge in [-0.15, -0.1) is 0 Å². The predicted molar refractivity (Wildman–Crippen MR) is 100 cm³/mol. The molecule has 8 heteroatoms. The first-order valence-electron chi connectivity index (χ1n) is 8.79. The molecule has 2 heterocycles. The molecule has 3 rings (SSSR count). The number of aryl methyl sites for hydroxylation is 2. The fraction of sp³-hybridized carbons (Fsp3) is 0.250. The van der Waals surface area contributed by atoms with Crippen LogP contribution in [0.25, 0.3) is 0 Å². The number of aromatic nitrogens is 1. The predicted octanol–water partition coefficient (Wildman–Crippen LogP) is 2.62. The molecule has 0 aliphatic carbocycles. The van der Waals surface area contributed by atoms with Crippen molar-refractivity contribution in [2.24, 2.45) is 0 Å². The van der Waals surface area contributed by atoms with E-state index in [0.29, 0.717) is 23.7 Å². The van der Waals surface area contributed by atoms with Gasteiger partial charge >= 0.3 is 0 Å². The Morgan fingerprint density at radius 3 is 2.54 bits per heavy atom. The first-order chi connectivity index (χ1) is 13.5. The quantitative estimate of drug-likeness (QED) is 0.579. The molecule has 1 aromatic carbocycles. The lowest BCUT2D eigenvalue weighted by atomic mass is 10.2. The molecule has 0 aliphatic rings. The topological polar surface area (TPSA) is 107 Å². The zero-order valence-corrected chi connectivity index (χ0v) is 15.7. The van der Waals surface area contributed by atoms with Crippen LogP contribution in [-0.2, 0) is 6.61 Å². The summed E-state index contributed by atoms with van der Waals surface area (Å²) in [5, 5.41) is 9.30. The van der Waals surface area contributed by atoms with Gasteiger partial charge in [0.15, 0.2) is 5.76 Å². The standard InChI is InChI=1S/C20H21N3O5/c1-13-17(14(2)28-23-13)12-27-16-6-3-5-15(11-16)19(24)21-8-9-22-20(25)18-7-4-10-26-18/h3-7,10-11H,8-9,12H2,1-2H3,(H,21,24)(H,22,25). The maximum absolute atomic E-state index is 12.3. The van der Waals surface area contributed by atoms with Crippen LogP contribution < -0.4 is 15.4 Å². The molecule has 146 valence electrons. The highest BCUT2D eigenvalue weighted by atomic mass is 16.5. The molecule has 0 bridgehead atoms. The number of nitrogens with one attached hydrogen (secondary N) is 2. The third kappa shape index (κ3) is 4.79. The third-order valence-electron chi connectivity index (χ3n) is 4.10. The van der Waals surface area contributed by atoms with Gasteiger partial charge in [-0.3, -0.25) is 9.59 Å². The van der Waals surface area contributed by atoms with E-state index in [9.17, 15) is 9.59 Å². The van der Waals surface area contributed by atoms with Crippen molar-refractivity contribution in [3.05, 3.63) is 71.0 Å². The van der Waals surface area contributed by atoms with Crippen LogP contribution in [0.2, 0.25) is 0 Å². The van der Waals surface area contributed by atoms with E-state index in [4.69, 9.17) is 13.7 Å². The molecule has 0 atom stereocenters. The molecule has 0 saturated carbocycles. The minimum Gasteiger partial charge on any atom is -0.489 e. The number of carbonyl (C=O) groups is 2. The first kappa shape index (κ1) is 19.2. The largest absolute Gasteiger partial charge is 0.489 e. The summed E-state index contributed by atoms with van der Waals surface area (Å²) < 4.78 is 15.9. The zero-order chi connectivity index (χ0) is 19.9. The summed E-state index contributed by atoms with van der Waals surface area (Å²) in [6, 6.07) is 10.1. The lowest BCUT2D eigenvalue weighted by Crippen LogP contribution is -2.34. The number of furan rings is 1. The third-order valence-corrected chi connectivity index (χ3v) is 4.10. The van der Waals surface area contributed by atoms with E-state index in [1.165, 1.54) is 6.26 Å². The van der Waals surface area contributed by atoms with E-state index in [2.05, 4.69) is 15.8 Å². The molecular weight excluding hydrogens is 362 g/mol. The Morgan fingerprint density at radius 2 is 1.86 bits per heavy atom. The number of nitrogens with zero attached hydrogens (tertiary/aromatic N) is 1. The van der Waals surface area contributed by atoms with Crippen molar-refractivity contribution < 1.29 is 23.3 Å². The van der Waals surface area contributed by atoms with Gasteiger partial charge in [-0.2, -0.15) is 0 Å². The molecule has 0 saturated heterocycles. The lowest BCUT2D eigenvalue weighted by molar-refractivity contribution is 0.0910. The average Bonchev–Trinajstić information content (AvgIpc) is 3.34. The van der Waals surface area contributed by atoms with E-state index in [1.807, 2.05) is 13.8 Å². The molecule has 0 fully saturated rings. The fourth-order valence-corrected chi connectivity index (χ4v) is 2.54. The van der Waals surface area contributed by atoms with Crippen LogP contribution >= 0.6 is 0 Å². The highest BCUT2D eigenvalue weighted by Gasteiger charge is 2.11. The van der Waals surface area contributed by atoms with Gasteiger partial charge in [0.05, 0.1) is 17.5 Å². The average molecular weight is 383 g/mol. The lowest BCUT2D eigenvalue weighted by Gasteiger charge is -2.09. The van der Waals surface area contributed by atoms with Crippen molar-refractivity contribution in [2.75, 3.05) is 13.1 Å². The molecule has 0 spiro atoms. The molecule has 2 amide bonds. The number of benzene rings is 1. The minimum absolute atomic E-state index is 0.231. The summed E-state index contributed by atoms with van der Waals surface area (Å²) >= 11 is 0. The highest BCUT2D eigenvalue weighted by molar-refractivity contribution is 5.94. The van der Waals surface area contributed by atoms with E-state index in [0.717, 1.165) is 11.3 Å². The molecule has 0 unspecified atom stereocenters. The van der Waals surface area contributed by atoms with Crippen LogP contribution in [0.1, 0.15) is 37.9 Å². The van der Waals surface area contributed by atoms with Gasteiger partial charge < -0.3 is 24.3 Å². The summed E-state index contributed by atoms with van der Waals surface area (Å²) in [6.45, 7) is 4.56. The van der Waals surface area contributed by atoms with Gasteiger partial charge in [0.2, 0.25) is 0 Å². The smallest absolute Gasteiger partial charge is 0.287 e. The second-order valence-electron chi connectivity index (χ2n) is 6.11. The first-order valence-corrected chi connectivity index (χ1v) is 8.79. The van der Waals surface area contributed by atoms with Crippen LogP contribution in [0.4, 0.5) is 0 Å². The van der Waals surface area contributed by atoms with Crippen molar-refractivity contribution in [3.8, 4) is 5.75 Å². The Kier molecular flexibility index (Phi) is 6.11. The van der Waals surface area contributed by atoms with Crippen LogP contribution in [0, 0.1) is 13.8 Å². The van der Waals surface area contributed by atoms with Crippen LogP contribution in [-0.4, -0.2) is 30.1 Å². The fourth-order valence-electron chi connectivity index (χ4n) is 2.54. The number of hydrogen-bond acceptors (Lipinski definition) is 6. The summed E-state index contributed by atoms with van der Waals surface area (Å²) in [5.74, 6) is 0.931. The maximum Gasteiger partial charge on any atom is 0.287 e. The van der Waals surface area contributed by atoms with Gasteiger partial charge in [-0.05, 0) is 44.2 Å². The Hall–Kier alpha value is -3.55. The van der Waals surface area contributed by atoms with Crippen molar-refractivity contribution in [1.29, 1.82) is 0 Å². The summed E-state index contributed by atoms with van der Waals surface area (Å²) in [5.41, 5.74) is 2.14. The van der Waals surface area contributed by atoms with E-state index in [-0.39, 0.29) is 30.7 Å². The second-order valence-corrected chi connectivity index (χ2v) is 6.11. The summed E-state index contributed by atoms with van der Waals surface area (Å²) in [4.78, 5) is 24.0. The van der Waals surface area contributed by atoms with Gasteiger partial charge in [-0.25, -0.2) is 0 Å². The zero-order valence-electron chi connectivity index (χ0n) is 15.7. The van der Waals surface area contributed by atoms with Crippen molar-refractivity contribution in [1.82, 2.24) is 15.8 Å². The van der Waals surface area contributed by atoms with Crippen molar-refractivity contribution in [3.63, 3.8) is 0 Å². The van der Waals surface area contributed by atoms with Crippen LogP contribution in [0.3, 0.4) is 0 Å². The Bertz CT molecular complexity index is 927. The number of amides is 2. The van der Waals surface area contributed by atoms with Gasteiger partial charge in [0, 0.05) is 18.7 Å². The molecule has 3 aromatic rings. The number of rotatable bonds is 8. The molecule has 0 radical (unpaired) electrons. The van der Waals surface area contributed by atoms with Crippen LogP contribution in [0.5, 0.6) is 5.75 Å². The van der Waals surface area contributed by atoms with E-state index >= 15 is 0 Å². The molecule has 2 N–H and O–H groups in total. The normalized spacial score (nSPS) is 10.5. The number of hydrogen-bond donors (Lipinski definition) is 2. The number of carbonyl (C=O) groups excluding carboxylic acids is 2. The molecule has 8 nitrogen and oxygen atoms in total. The highest BCUT2D eigenvalue weighted by Crippen LogP contribution is 2.18. The Morgan fingerprint density at radius 1 is 1.07 bits per heavy atom. The van der Waals surface area contributed by atoms with E-state index < -0.39 is 0 Å². The molecule has 28 heavy (non-hydrogen) atoms. The summed E-state index contributed by atoms with van der Waals surface area (Å²) in [7, 11) is 0. The summed E-state index contributed by atoms with van der Waals surface area (Å²) in [6.07, 6.45) is 1.43. The monoisotopic (exact) mass is 383 g/mol. The molecule has 0 aliphatic heterocycles. The Balaban J connectivity index is 1.47. The van der Waals surface area contributed by atoms with Crippen LogP contribution in [0.15, 0.2) is 51.6 Å². The van der Waals surface area contributed by atoms with Crippen molar-refractivity contribution >= 4 is 11.8 Å². The minimum atomic E-state index is -0.325. The van der Waals surface area contributed by atoms with Gasteiger partial charge in [0.25, 0.3) is 11.8 Å². The Labute approximate surface area is 161 Å². The number of ether oxygens (including phenoxy) is 1. The van der Waals surface area contributed by atoms with Crippen molar-refractivity contribution in [2.45, 2.75) is 20.5 Å². The van der Waals surface area contributed by atoms with Gasteiger partial charge in [-0.1, -0.05) is 11.2 Å². The van der Waals surface area contributed by atoms with E-state index in [1.54, 1.807) is 36.4 Å². The van der Waals surface area contributed by atoms with Gasteiger partial charge in [0.1, 0.15) is 18.1 Å². The molecular formula is C20H21N3O5. The SMILES string of the molecule is Cc1noc(C)c1COc1cccc(C(=O)NCCNC(=O)c2ccco2)c1.